The summed E-state index contributed by atoms with van der Waals surface area (Å²) in [7, 11) is 0. The van der Waals surface area contributed by atoms with Crippen molar-refractivity contribution in [2.75, 3.05) is 13.1 Å². The van der Waals surface area contributed by atoms with Gasteiger partial charge in [0.2, 0.25) is 0 Å². The topological polar surface area (TPSA) is 54.3 Å². The molecule has 0 unspecified atom stereocenters. The quantitative estimate of drug-likeness (QED) is 0.677. The molecule has 0 aliphatic carbocycles. The first-order valence-electron chi connectivity index (χ1n) is 9.10. The van der Waals surface area contributed by atoms with E-state index in [2.05, 4.69) is 37.9 Å². The van der Waals surface area contributed by atoms with Crippen molar-refractivity contribution in [3.8, 4) is 0 Å². The van der Waals surface area contributed by atoms with Gasteiger partial charge in [-0.05, 0) is 26.0 Å². The van der Waals surface area contributed by atoms with Crippen LogP contribution >= 0.6 is 22.7 Å². The molecule has 140 valence electrons. The van der Waals surface area contributed by atoms with Crippen molar-refractivity contribution >= 4 is 28.6 Å². The summed E-state index contributed by atoms with van der Waals surface area (Å²) in [5.74, 6) is 0.114. The van der Waals surface area contributed by atoms with E-state index in [0.717, 1.165) is 41.7 Å². The van der Waals surface area contributed by atoms with Crippen molar-refractivity contribution in [3.63, 3.8) is 0 Å². The molecule has 6 nitrogen and oxygen atoms in total. The van der Waals surface area contributed by atoms with Gasteiger partial charge in [-0.1, -0.05) is 0 Å². The van der Waals surface area contributed by atoms with Crippen LogP contribution in [0.25, 0.3) is 0 Å². The van der Waals surface area contributed by atoms with Crippen molar-refractivity contribution in [2.45, 2.75) is 39.0 Å². The zero-order chi connectivity index (χ0) is 18.5. The first-order chi connectivity index (χ1) is 13.1. The van der Waals surface area contributed by atoms with Crippen LogP contribution in [0.5, 0.6) is 0 Å². The Balaban J connectivity index is 1.44. The van der Waals surface area contributed by atoms with E-state index in [0.29, 0.717) is 12.6 Å². The fraction of sp³-hybridized carbons (Fsp3) is 0.421. The number of rotatable bonds is 4. The lowest BCUT2D eigenvalue weighted by Gasteiger charge is -2.38. The maximum Gasteiger partial charge on any atom is 0.271 e. The van der Waals surface area contributed by atoms with E-state index in [-0.39, 0.29) is 11.9 Å². The van der Waals surface area contributed by atoms with Crippen LogP contribution in [-0.4, -0.2) is 49.4 Å². The fourth-order valence-electron chi connectivity index (χ4n) is 4.24. The molecule has 1 fully saturated rings. The summed E-state index contributed by atoms with van der Waals surface area (Å²) in [4.78, 5) is 27.9. The number of likely N-dealkylation sites (tertiary alicyclic amines) is 1. The third kappa shape index (κ3) is 2.92. The molecule has 0 N–H and O–H groups in total. The molecule has 2 aliphatic rings. The Morgan fingerprint density at radius 1 is 1.19 bits per heavy atom. The molecule has 3 aromatic heterocycles. The van der Waals surface area contributed by atoms with E-state index in [4.69, 9.17) is 0 Å². The predicted octanol–water partition coefficient (Wildman–Crippen LogP) is 3.10. The lowest BCUT2D eigenvalue weighted by Crippen LogP contribution is -2.49. The van der Waals surface area contributed by atoms with Gasteiger partial charge < -0.3 is 9.47 Å². The average Bonchev–Trinajstić information content (AvgIpc) is 3.40. The smallest absolute Gasteiger partial charge is 0.271 e. The van der Waals surface area contributed by atoms with Crippen molar-refractivity contribution < 1.29 is 4.79 Å². The summed E-state index contributed by atoms with van der Waals surface area (Å²) in [6.45, 7) is 7.40. The monoisotopic (exact) mass is 399 g/mol. The molecule has 0 radical (unpaired) electrons. The normalized spacial score (nSPS) is 22.3. The van der Waals surface area contributed by atoms with Crippen LogP contribution < -0.4 is 0 Å². The minimum atomic E-state index is 0.114. The number of carbonyl (C=O) groups excluding carboxylic acids is 1. The molecular weight excluding hydrogens is 378 g/mol. The van der Waals surface area contributed by atoms with Gasteiger partial charge in [-0.15, -0.1) is 22.7 Å². The number of thiazole rings is 2. The first-order valence-corrected chi connectivity index (χ1v) is 10.9. The SMILES string of the molecule is Cc1nc(CN2C(=O)c3cccn3[C@H]3CN(Cc4scnc4C)C[C@@H]32)cs1. The minimum absolute atomic E-state index is 0.114. The highest BCUT2D eigenvalue weighted by molar-refractivity contribution is 7.09. The molecule has 2 atom stereocenters. The Hall–Kier alpha value is -2.03. The second-order valence-electron chi connectivity index (χ2n) is 7.28. The Morgan fingerprint density at radius 2 is 2.04 bits per heavy atom. The van der Waals surface area contributed by atoms with Crippen LogP contribution in [0.1, 0.15) is 37.8 Å². The highest BCUT2D eigenvalue weighted by Crippen LogP contribution is 2.35. The van der Waals surface area contributed by atoms with Crippen molar-refractivity contribution in [3.05, 3.63) is 56.2 Å². The van der Waals surface area contributed by atoms with Crippen molar-refractivity contribution in [1.29, 1.82) is 0 Å². The molecule has 27 heavy (non-hydrogen) atoms. The van der Waals surface area contributed by atoms with E-state index in [1.165, 1.54) is 4.88 Å². The number of hydrogen-bond acceptors (Lipinski definition) is 6. The Bertz CT molecular complexity index is 990. The standard InChI is InChI=1S/C19H21N5OS2/c1-12-18(27-11-20-12)9-22-7-16-17(8-22)24(6-14-10-26-13(2)21-14)19(25)15-4-3-5-23(15)16/h3-5,10-11,16-17H,6-9H2,1-2H3/t16-,17-/m0/s1. The van der Waals surface area contributed by atoms with Gasteiger partial charge in [0.1, 0.15) is 5.69 Å². The van der Waals surface area contributed by atoms with Crippen molar-refractivity contribution in [2.24, 2.45) is 0 Å². The van der Waals surface area contributed by atoms with E-state index >= 15 is 0 Å². The number of carbonyl (C=O) groups is 1. The Labute approximate surface area is 166 Å². The summed E-state index contributed by atoms with van der Waals surface area (Å²) >= 11 is 3.36. The number of fused-ring (bicyclic) bond motifs is 3. The summed E-state index contributed by atoms with van der Waals surface area (Å²) < 4.78 is 2.18. The zero-order valence-corrected chi connectivity index (χ0v) is 17.0. The van der Waals surface area contributed by atoms with Gasteiger partial charge in [0.25, 0.3) is 5.91 Å². The Morgan fingerprint density at radius 3 is 2.78 bits per heavy atom. The molecular formula is C19H21N5OS2. The molecule has 1 amide bonds. The lowest BCUT2D eigenvalue weighted by atomic mass is 10.1. The molecule has 5 rings (SSSR count). The largest absolute Gasteiger partial charge is 0.337 e. The van der Waals surface area contributed by atoms with E-state index in [9.17, 15) is 4.79 Å². The fourth-order valence-corrected chi connectivity index (χ4v) is 5.67. The molecule has 5 heterocycles. The van der Waals surface area contributed by atoms with Gasteiger partial charge in [0, 0.05) is 36.1 Å². The van der Waals surface area contributed by atoms with Gasteiger partial charge in [-0.25, -0.2) is 9.97 Å². The molecule has 0 spiro atoms. The van der Waals surface area contributed by atoms with Crippen LogP contribution in [-0.2, 0) is 13.1 Å². The van der Waals surface area contributed by atoms with E-state index < -0.39 is 0 Å². The minimum Gasteiger partial charge on any atom is -0.337 e. The van der Waals surface area contributed by atoms with Crippen molar-refractivity contribution in [1.82, 2.24) is 24.3 Å². The summed E-state index contributed by atoms with van der Waals surface area (Å²) in [6, 6.07) is 4.39. The number of nitrogens with zero attached hydrogens (tertiary/aromatic N) is 5. The lowest BCUT2D eigenvalue weighted by molar-refractivity contribution is 0.0554. The second-order valence-corrected chi connectivity index (χ2v) is 9.28. The van der Waals surface area contributed by atoms with Crippen LogP contribution in [0.3, 0.4) is 0 Å². The van der Waals surface area contributed by atoms with Gasteiger partial charge in [0.15, 0.2) is 0 Å². The molecule has 2 aliphatic heterocycles. The number of amides is 1. The van der Waals surface area contributed by atoms with Crippen LogP contribution in [0.15, 0.2) is 29.2 Å². The van der Waals surface area contributed by atoms with E-state index in [1.54, 1.807) is 22.7 Å². The Kier molecular flexibility index (Phi) is 4.14. The van der Waals surface area contributed by atoms with Gasteiger partial charge in [-0.3, -0.25) is 9.69 Å². The molecule has 1 saturated heterocycles. The summed E-state index contributed by atoms with van der Waals surface area (Å²) in [6.07, 6.45) is 2.05. The molecule has 0 saturated carbocycles. The second kappa shape index (κ2) is 6.54. The zero-order valence-electron chi connectivity index (χ0n) is 15.3. The van der Waals surface area contributed by atoms with Crippen LogP contribution in [0, 0.1) is 13.8 Å². The van der Waals surface area contributed by atoms with Gasteiger partial charge in [-0.2, -0.15) is 0 Å². The maximum atomic E-state index is 13.2. The highest BCUT2D eigenvalue weighted by Gasteiger charge is 2.45. The van der Waals surface area contributed by atoms with Gasteiger partial charge >= 0.3 is 0 Å². The third-order valence-corrected chi connectivity index (χ3v) is 7.30. The van der Waals surface area contributed by atoms with E-state index in [1.807, 2.05) is 29.5 Å². The third-order valence-electron chi connectivity index (χ3n) is 5.56. The molecule has 0 aromatic carbocycles. The number of aryl methyl sites for hydroxylation is 2. The molecule has 3 aromatic rings. The predicted molar refractivity (Wildman–Crippen MR) is 106 cm³/mol. The summed E-state index contributed by atoms with van der Waals surface area (Å²) in [5.41, 5.74) is 4.81. The average molecular weight is 400 g/mol. The molecule has 0 bridgehead atoms. The van der Waals surface area contributed by atoms with Crippen LogP contribution in [0.2, 0.25) is 0 Å². The number of hydrogen-bond donors (Lipinski definition) is 0. The number of aromatic nitrogens is 3. The van der Waals surface area contributed by atoms with Crippen LogP contribution in [0.4, 0.5) is 0 Å². The molecule has 8 heteroatoms. The van der Waals surface area contributed by atoms with Gasteiger partial charge in [0.05, 0.1) is 40.5 Å². The maximum absolute atomic E-state index is 13.2. The first kappa shape index (κ1) is 17.1. The summed E-state index contributed by atoms with van der Waals surface area (Å²) in [5, 5.41) is 3.11. The highest BCUT2D eigenvalue weighted by atomic mass is 32.1.